The zero-order valence-electron chi connectivity index (χ0n) is 17.3. The molecule has 1 heterocycles. The fraction of sp³-hybridized carbons (Fsp3) is 0.333. The van der Waals surface area contributed by atoms with Crippen molar-refractivity contribution in [2.75, 3.05) is 44.5 Å². The van der Waals surface area contributed by atoms with Crippen LogP contribution in [0.2, 0.25) is 0 Å². The standard InChI is InChI=1S/C21H24N2O6S2/c1-15-6-7-18(31(26,27)23-8-10-28-11-9-23)13-19(15)21(25)29-14-20(24)22-16-4-3-5-17(12-16)30-2/h3-7,12-13H,8-11,14H2,1-2H3,(H,22,24). The summed E-state index contributed by atoms with van der Waals surface area (Å²) in [6.07, 6.45) is 1.93. The molecule has 10 heteroatoms. The molecule has 8 nitrogen and oxygen atoms in total. The van der Waals surface area contributed by atoms with E-state index >= 15 is 0 Å². The molecule has 0 aromatic heterocycles. The number of amides is 1. The van der Waals surface area contributed by atoms with E-state index in [1.165, 1.54) is 16.4 Å². The first-order valence-corrected chi connectivity index (χ1v) is 12.3. The van der Waals surface area contributed by atoms with Gasteiger partial charge in [-0.3, -0.25) is 4.79 Å². The van der Waals surface area contributed by atoms with E-state index < -0.39 is 28.5 Å². The van der Waals surface area contributed by atoms with Crippen LogP contribution in [0.15, 0.2) is 52.3 Å². The van der Waals surface area contributed by atoms with Crippen LogP contribution in [0.4, 0.5) is 5.69 Å². The third kappa shape index (κ3) is 5.85. The van der Waals surface area contributed by atoms with Crippen molar-refractivity contribution in [3.63, 3.8) is 0 Å². The summed E-state index contributed by atoms with van der Waals surface area (Å²) in [6.45, 7) is 2.36. The van der Waals surface area contributed by atoms with Gasteiger partial charge < -0.3 is 14.8 Å². The molecule has 1 aliphatic rings. The number of sulfonamides is 1. The number of anilines is 1. The number of ether oxygens (including phenoxy) is 2. The normalized spacial score (nSPS) is 14.8. The zero-order chi connectivity index (χ0) is 22.4. The third-order valence-corrected chi connectivity index (χ3v) is 7.34. The highest BCUT2D eigenvalue weighted by molar-refractivity contribution is 7.98. The van der Waals surface area contributed by atoms with Crippen molar-refractivity contribution in [1.82, 2.24) is 4.31 Å². The summed E-state index contributed by atoms with van der Waals surface area (Å²) in [5.74, 6) is -1.24. The highest BCUT2D eigenvalue weighted by Crippen LogP contribution is 2.22. The molecule has 2 aromatic carbocycles. The average Bonchev–Trinajstić information content (AvgIpc) is 2.78. The van der Waals surface area contributed by atoms with Gasteiger partial charge in [-0.15, -0.1) is 11.8 Å². The molecule has 0 saturated carbocycles. The summed E-state index contributed by atoms with van der Waals surface area (Å²) in [5.41, 5.74) is 1.26. The number of hydrogen-bond donors (Lipinski definition) is 1. The number of benzene rings is 2. The van der Waals surface area contributed by atoms with Crippen molar-refractivity contribution in [3.8, 4) is 0 Å². The van der Waals surface area contributed by atoms with Crippen molar-refractivity contribution in [3.05, 3.63) is 53.6 Å². The van der Waals surface area contributed by atoms with Crippen LogP contribution < -0.4 is 5.32 Å². The van der Waals surface area contributed by atoms with Gasteiger partial charge in [0.25, 0.3) is 5.91 Å². The van der Waals surface area contributed by atoms with Crippen LogP contribution in [0.5, 0.6) is 0 Å². The smallest absolute Gasteiger partial charge is 0.338 e. The SMILES string of the molecule is CSc1cccc(NC(=O)COC(=O)c2cc(S(=O)(=O)N3CCOCC3)ccc2C)c1. The minimum Gasteiger partial charge on any atom is -0.452 e. The fourth-order valence-electron chi connectivity index (χ4n) is 3.02. The summed E-state index contributed by atoms with van der Waals surface area (Å²) >= 11 is 1.54. The number of nitrogens with zero attached hydrogens (tertiary/aromatic N) is 1. The second-order valence-corrected chi connectivity index (χ2v) is 9.67. The number of nitrogens with one attached hydrogen (secondary N) is 1. The van der Waals surface area contributed by atoms with E-state index in [2.05, 4.69) is 5.32 Å². The molecule has 166 valence electrons. The monoisotopic (exact) mass is 464 g/mol. The molecule has 0 bridgehead atoms. The Kier molecular flexibility index (Phi) is 7.71. The van der Waals surface area contributed by atoms with Gasteiger partial charge >= 0.3 is 5.97 Å². The summed E-state index contributed by atoms with van der Waals surface area (Å²) in [6, 6.07) is 11.6. The number of rotatable bonds is 7. The lowest BCUT2D eigenvalue weighted by molar-refractivity contribution is -0.119. The van der Waals surface area contributed by atoms with Gasteiger partial charge in [-0.2, -0.15) is 4.31 Å². The van der Waals surface area contributed by atoms with E-state index in [1.54, 1.807) is 30.8 Å². The molecule has 0 aliphatic carbocycles. The largest absolute Gasteiger partial charge is 0.452 e. The highest BCUT2D eigenvalue weighted by Gasteiger charge is 2.27. The maximum absolute atomic E-state index is 12.8. The number of aryl methyl sites for hydroxylation is 1. The van der Waals surface area contributed by atoms with Crippen molar-refractivity contribution in [2.45, 2.75) is 16.7 Å². The zero-order valence-corrected chi connectivity index (χ0v) is 18.9. The Labute approximate surface area is 186 Å². The minimum atomic E-state index is -3.75. The Morgan fingerprint density at radius 3 is 2.61 bits per heavy atom. The molecule has 0 spiro atoms. The molecule has 31 heavy (non-hydrogen) atoms. The fourth-order valence-corrected chi connectivity index (χ4v) is 4.92. The Morgan fingerprint density at radius 2 is 1.90 bits per heavy atom. The molecular weight excluding hydrogens is 440 g/mol. The number of morpholine rings is 1. The van der Waals surface area contributed by atoms with Crippen LogP contribution in [0.25, 0.3) is 0 Å². The van der Waals surface area contributed by atoms with Gasteiger partial charge in [0.15, 0.2) is 6.61 Å². The van der Waals surface area contributed by atoms with Crippen LogP contribution in [-0.2, 0) is 24.3 Å². The quantitative estimate of drug-likeness (QED) is 0.496. The van der Waals surface area contributed by atoms with E-state index in [-0.39, 0.29) is 23.5 Å². The van der Waals surface area contributed by atoms with E-state index in [9.17, 15) is 18.0 Å². The molecule has 0 radical (unpaired) electrons. The summed E-state index contributed by atoms with van der Waals surface area (Å²) in [4.78, 5) is 25.7. The molecule has 1 saturated heterocycles. The second kappa shape index (κ2) is 10.3. The van der Waals surface area contributed by atoms with Gasteiger partial charge in [0.1, 0.15) is 0 Å². The predicted molar refractivity (Wildman–Crippen MR) is 118 cm³/mol. The summed E-state index contributed by atoms with van der Waals surface area (Å²) in [5, 5.41) is 2.67. The molecule has 1 fully saturated rings. The van der Waals surface area contributed by atoms with Gasteiger partial charge in [0, 0.05) is 23.7 Å². The number of esters is 1. The molecule has 1 amide bonds. The Bertz CT molecular complexity index is 1070. The minimum absolute atomic E-state index is 0.00489. The first kappa shape index (κ1) is 23.3. The average molecular weight is 465 g/mol. The van der Waals surface area contributed by atoms with E-state index in [1.807, 2.05) is 24.5 Å². The highest BCUT2D eigenvalue weighted by atomic mass is 32.2. The molecule has 2 aromatic rings. The topological polar surface area (TPSA) is 102 Å². The number of carbonyl (C=O) groups is 2. The number of hydrogen-bond acceptors (Lipinski definition) is 7. The van der Waals surface area contributed by atoms with Crippen LogP contribution in [0.1, 0.15) is 15.9 Å². The number of carbonyl (C=O) groups excluding carboxylic acids is 2. The first-order chi connectivity index (χ1) is 14.8. The van der Waals surface area contributed by atoms with E-state index in [0.29, 0.717) is 24.5 Å². The maximum atomic E-state index is 12.8. The van der Waals surface area contributed by atoms with Gasteiger partial charge in [0.2, 0.25) is 10.0 Å². The van der Waals surface area contributed by atoms with Crippen LogP contribution >= 0.6 is 11.8 Å². The Morgan fingerprint density at radius 1 is 1.16 bits per heavy atom. The van der Waals surface area contributed by atoms with Gasteiger partial charge in [-0.25, -0.2) is 13.2 Å². The Balaban J connectivity index is 1.67. The lowest BCUT2D eigenvalue weighted by Crippen LogP contribution is -2.40. The molecular formula is C21H24N2O6S2. The first-order valence-electron chi connectivity index (χ1n) is 9.61. The summed E-state index contributed by atoms with van der Waals surface area (Å²) in [7, 11) is -3.75. The van der Waals surface area contributed by atoms with Crippen LogP contribution in [-0.4, -0.2) is 63.8 Å². The Hall–Kier alpha value is -2.40. The predicted octanol–water partition coefficient (Wildman–Crippen LogP) is 2.53. The maximum Gasteiger partial charge on any atom is 0.338 e. The van der Waals surface area contributed by atoms with Gasteiger partial charge in [0.05, 0.1) is 23.7 Å². The summed E-state index contributed by atoms with van der Waals surface area (Å²) < 4.78 is 37.4. The second-order valence-electron chi connectivity index (χ2n) is 6.85. The van der Waals surface area contributed by atoms with Crippen molar-refractivity contribution in [2.24, 2.45) is 0 Å². The van der Waals surface area contributed by atoms with E-state index in [4.69, 9.17) is 9.47 Å². The van der Waals surface area contributed by atoms with Gasteiger partial charge in [-0.1, -0.05) is 12.1 Å². The van der Waals surface area contributed by atoms with Gasteiger partial charge in [-0.05, 0) is 49.1 Å². The third-order valence-electron chi connectivity index (χ3n) is 4.72. The van der Waals surface area contributed by atoms with Crippen molar-refractivity contribution >= 4 is 39.3 Å². The molecule has 3 rings (SSSR count). The van der Waals surface area contributed by atoms with E-state index in [0.717, 1.165) is 4.90 Å². The lowest BCUT2D eigenvalue weighted by Gasteiger charge is -2.26. The molecule has 1 N–H and O–H groups in total. The lowest BCUT2D eigenvalue weighted by atomic mass is 10.1. The molecule has 0 atom stereocenters. The molecule has 1 aliphatic heterocycles. The molecule has 0 unspecified atom stereocenters. The number of thioether (sulfide) groups is 1. The van der Waals surface area contributed by atoms with Crippen molar-refractivity contribution < 1.29 is 27.5 Å². The van der Waals surface area contributed by atoms with Crippen molar-refractivity contribution in [1.29, 1.82) is 0 Å². The van der Waals surface area contributed by atoms with Crippen LogP contribution in [0.3, 0.4) is 0 Å². The van der Waals surface area contributed by atoms with Crippen LogP contribution in [0, 0.1) is 6.92 Å².